The molecule has 0 spiro atoms. The van der Waals surface area contributed by atoms with E-state index in [1.54, 1.807) is 0 Å². The standard InChI is InChI=1S/C12H22N2O2S/c1-12(2,3)16-7-10(15)14-9-6-4-5-8(9)11(13)17/h8-9H,4-7H2,1-3H3,(H2,13,17)(H,14,15). The van der Waals surface area contributed by atoms with Gasteiger partial charge in [0.2, 0.25) is 5.91 Å². The summed E-state index contributed by atoms with van der Waals surface area (Å²) in [5.74, 6) is 0.0525. The lowest BCUT2D eigenvalue weighted by Crippen LogP contribution is -2.43. The fourth-order valence-corrected chi connectivity index (χ4v) is 2.29. The van der Waals surface area contributed by atoms with E-state index >= 15 is 0 Å². The molecule has 98 valence electrons. The highest BCUT2D eigenvalue weighted by atomic mass is 32.1. The molecule has 1 rings (SSSR count). The molecule has 0 aromatic heterocycles. The van der Waals surface area contributed by atoms with Crippen LogP contribution in [0.4, 0.5) is 0 Å². The van der Waals surface area contributed by atoms with Crippen LogP contribution in [-0.2, 0) is 9.53 Å². The van der Waals surface area contributed by atoms with Gasteiger partial charge < -0.3 is 15.8 Å². The third-order valence-corrected chi connectivity index (χ3v) is 3.17. The second-order valence-electron chi connectivity index (χ2n) is 5.51. The van der Waals surface area contributed by atoms with Crippen molar-refractivity contribution in [2.75, 3.05) is 6.61 Å². The normalized spacial score (nSPS) is 24.6. The topological polar surface area (TPSA) is 64.3 Å². The summed E-state index contributed by atoms with van der Waals surface area (Å²) in [4.78, 5) is 12.2. The molecule has 1 fully saturated rings. The van der Waals surface area contributed by atoms with Crippen LogP contribution in [0.1, 0.15) is 40.0 Å². The SMILES string of the molecule is CC(C)(C)OCC(=O)NC1CCCC1C(N)=S. The predicted molar refractivity (Wildman–Crippen MR) is 71.8 cm³/mol. The number of nitrogens with two attached hydrogens (primary N) is 1. The van der Waals surface area contributed by atoms with E-state index < -0.39 is 0 Å². The molecular weight excluding hydrogens is 236 g/mol. The largest absolute Gasteiger partial charge is 0.393 e. The van der Waals surface area contributed by atoms with Gasteiger partial charge in [-0.2, -0.15) is 0 Å². The van der Waals surface area contributed by atoms with Gasteiger partial charge in [-0.25, -0.2) is 0 Å². The molecule has 0 heterocycles. The van der Waals surface area contributed by atoms with E-state index in [2.05, 4.69) is 5.32 Å². The molecule has 0 aromatic carbocycles. The molecular formula is C12H22N2O2S. The van der Waals surface area contributed by atoms with E-state index in [1.165, 1.54) is 0 Å². The molecule has 0 radical (unpaired) electrons. The van der Waals surface area contributed by atoms with Gasteiger partial charge in [-0.15, -0.1) is 0 Å². The Bertz CT molecular complexity index is 299. The Morgan fingerprint density at radius 1 is 1.47 bits per heavy atom. The lowest BCUT2D eigenvalue weighted by Gasteiger charge is -2.22. The number of carbonyl (C=O) groups is 1. The molecule has 1 aliphatic carbocycles. The van der Waals surface area contributed by atoms with Crippen LogP contribution in [0.2, 0.25) is 0 Å². The summed E-state index contributed by atoms with van der Waals surface area (Å²) < 4.78 is 5.42. The van der Waals surface area contributed by atoms with E-state index in [4.69, 9.17) is 22.7 Å². The fourth-order valence-electron chi connectivity index (χ4n) is 2.00. The number of amides is 1. The molecule has 0 aliphatic heterocycles. The maximum Gasteiger partial charge on any atom is 0.246 e. The quantitative estimate of drug-likeness (QED) is 0.748. The van der Waals surface area contributed by atoms with Crippen molar-refractivity contribution in [3.8, 4) is 0 Å². The third-order valence-electron chi connectivity index (χ3n) is 2.86. The summed E-state index contributed by atoms with van der Waals surface area (Å²) in [5, 5.41) is 2.95. The van der Waals surface area contributed by atoms with E-state index in [1.807, 2.05) is 20.8 Å². The molecule has 2 unspecified atom stereocenters. The minimum absolute atomic E-state index is 0.0866. The molecule has 0 bridgehead atoms. The third kappa shape index (κ3) is 5.00. The van der Waals surface area contributed by atoms with Gasteiger partial charge in [0.05, 0.1) is 10.6 Å². The predicted octanol–water partition coefficient (Wildman–Crippen LogP) is 1.37. The van der Waals surface area contributed by atoms with Crippen molar-refractivity contribution >= 4 is 23.1 Å². The van der Waals surface area contributed by atoms with Gasteiger partial charge in [0, 0.05) is 12.0 Å². The lowest BCUT2D eigenvalue weighted by atomic mass is 10.0. The summed E-state index contributed by atoms with van der Waals surface area (Å²) in [6.07, 6.45) is 2.98. The number of ether oxygens (including phenoxy) is 1. The van der Waals surface area contributed by atoms with Gasteiger partial charge >= 0.3 is 0 Å². The van der Waals surface area contributed by atoms with Gasteiger partial charge in [0.1, 0.15) is 6.61 Å². The van der Waals surface area contributed by atoms with Crippen molar-refractivity contribution in [2.45, 2.75) is 51.7 Å². The smallest absolute Gasteiger partial charge is 0.246 e. The summed E-state index contributed by atoms with van der Waals surface area (Å²) in [7, 11) is 0. The van der Waals surface area contributed by atoms with Crippen molar-refractivity contribution in [2.24, 2.45) is 11.7 Å². The van der Waals surface area contributed by atoms with Crippen molar-refractivity contribution in [3.05, 3.63) is 0 Å². The Morgan fingerprint density at radius 2 is 2.12 bits per heavy atom. The van der Waals surface area contributed by atoms with Crippen LogP contribution < -0.4 is 11.1 Å². The van der Waals surface area contributed by atoms with E-state index in [0.717, 1.165) is 19.3 Å². The van der Waals surface area contributed by atoms with Crippen LogP contribution in [0.3, 0.4) is 0 Å². The molecule has 3 N–H and O–H groups in total. The molecule has 1 saturated carbocycles. The highest BCUT2D eigenvalue weighted by Gasteiger charge is 2.30. The van der Waals surface area contributed by atoms with Gasteiger partial charge in [0.15, 0.2) is 0 Å². The minimum Gasteiger partial charge on any atom is -0.393 e. The molecule has 0 aromatic rings. The number of carbonyl (C=O) groups excluding carboxylic acids is 1. The molecule has 17 heavy (non-hydrogen) atoms. The number of thiocarbonyl (C=S) groups is 1. The summed E-state index contributed by atoms with van der Waals surface area (Å²) >= 11 is 5.00. The Hall–Kier alpha value is -0.680. The Balaban J connectivity index is 2.38. The molecule has 0 saturated heterocycles. The minimum atomic E-state index is -0.296. The summed E-state index contributed by atoms with van der Waals surface area (Å²) in [6, 6.07) is 0.0866. The molecule has 4 nitrogen and oxygen atoms in total. The number of nitrogens with one attached hydrogen (secondary N) is 1. The number of rotatable bonds is 4. The Morgan fingerprint density at radius 3 is 2.65 bits per heavy atom. The van der Waals surface area contributed by atoms with Gasteiger partial charge in [-0.1, -0.05) is 18.6 Å². The van der Waals surface area contributed by atoms with Crippen LogP contribution >= 0.6 is 12.2 Å². The van der Waals surface area contributed by atoms with Crippen LogP contribution in [0.5, 0.6) is 0 Å². The van der Waals surface area contributed by atoms with Crippen molar-refractivity contribution in [1.29, 1.82) is 0 Å². The average molecular weight is 258 g/mol. The first-order valence-corrected chi connectivity index (χ1v) is 6.43. The van der Waals surface area contributed by atoms with Crippen molar-refractivity contribution < 1.29 is 9.53 Å². The zero-order valence-electron chi connectivity index (χ0n) is 10.8. The zero-order chi connectivity index (χ0) is 13.1. The first-order valence-electron chi connectivity index (χ1n) is 6.02. The maximum atomic E-state index is 11.7. The number of hydrogen-bond acceptors (Lipinski definition) is 3. The molecule has 2 atom stereocenters. The fraction of sp³-hybridized carbons (Fsp3) is 0.833. The van der Waals surface area contributed by atoms with Gasteiger partial charge in [-0.3, -0.25) is 4.79 Å². The first kappa shape index (κ1) is 14.4. The number of hydrogen-bond donors (Lipinski definition) is 2. The van der Waals surface area contributed by atoms with E-state index in [0.29, 0.717) is 4.99 Å². The molecule has 5 heteroatoms. The Kier molecular flexibility index (Phi) is 4.89. The van der Waals surface area contributed by atoms with Gasteiger partial charge in [0.25, 0.3) is 0 Å². The van der Waals surface area contributed by atoms with Gasteiger partial charge in [-0.05, 0) is 33.6 Å². The van der Waals surface area contributed by atoms with Crippen LogP contribution in [0, 0.1) is 5.92 Å². The van der Waals surface area contributed by atoms with Crippen LogP contribution in [0.15, 0.2) is 0 Å². The summed E-state index contributed by atoms with van der Waals surface area (Å²) in [6.45, 7) is 5.86. The highest BCUT2D eigenvalue weighted by Crippen LogP contribution is 2.25. The summed E-state index contributed by atoms with van der Waals surface area (Å²) in [5.41, 5.74) is 5.36. The van der Waals surface area contributed by atoms with Crippen LogP contribution in [0.25, 0.3) is 0 Å². The Labute approximate surface area is 108 Å². The van der Waals surface area contributed by atoms with E-state index in [-0.39, 0.29) is 30.1 Å². The monoisotopic (exact) mass is 258 g/mol. The second-order valence-corrected chi connectivity index (χ2v) is 5.99. The highest BCUT2D eigenvalue weighted by molar-refractivity contribution is 7.80. The van der Waals surface area contributed by atoms with Crippen molar-refractivity contribution in [3.63, 3.8) is 0 Å². The lowest BCUT2D eigenvalue weighted by molar-refractivity contribution is -0.131. The zero-order valence-corrected chi connectivity index (χ0v) is 11.6. The van der Waals surface area contributed by atoms with Crippen molar-refractivity contribution in [1.82, 2.24) is 5.32 Å². The van der Waals surface area contributed by atoms with Crippen LogP contribution in [-0.4, -0.2) is 29.1 Å². The second kappa shape index (κ2) is 5.78. The first-order chi connectivity index (χ1) is 7.79. The van der Waals surface area contributed by atoms with E-state index in [9.17, 15) is 4.79 Å². The average Bonchev–Trinajstić information content (AvgIpc) is 2.62. The maximum absolute atomic E-state index is 11.7. The molecule has 1 amide bonds. The molecule has 1 aliphatic rings.